The second-order valence-corrected chi connectivity index (χ2v) is 8.63. The van der Waals surface area contributed by atoms with E-state index in [1.165, 1.54) is 5.56 Å². The van der Waals surface area contributed by atoms with E-state index in [2.05, 4.69) is 45.0 Å². The van der Waals surface area contributed by atoms with Crippen molar-refractivity contribution in [1.29, 1.82) is 0 Å². The number of piperazine rings is 1. The lowest BCUT2D eigenvalue weighted by Gasteiger charge is -2.34. The van der Waals surface area contributed by atoms with Gasteiger partial charge in [0.2, 0.25) is 0 Å². The maximum absolute atomic E-state index is 12.7. The van der Waals surface area contributed by atoms with Gasteiger partial charge in [-0.25, -0.2) is 0 Å². The Bertz CT molecular complexity index is 1100. The van der Waals surface area contributed by atoms with Crippen molar-refractivity contribution < 1.29 is 13.9 Å². The molecule has 7 heteroatoms. The Hall–Kier alpha value is -2.87. The maximum atomic E-state index is 12.7. The Kier molecular flexibility index (Phi) is 6.90. The molecular formula is C26H31N3O4. The quantitative estimate of drug-likeness (QED) is 0.550. The average Bonchev–Trinajstić information content (AvgIpc) is 2.86. The van der Waals surface area contributed by atoms with Crippen LogP contribution in [-0.2, 0) is 11.3 Å². The number of fused-ring (bicyclic) bond motifs is 1. The number of nitrogens with zero attached hydrogens (tertiary/aromatic N) is 3. The molecule has 3 heterocycles. The zero-order valence-electron chi connectivity index (χ0n) is 18.9. The summed E-state index contributed by atoms with van der Waals surface area (Å²) in [7, 11) is 0. The highest BCUT2D eigenvalue weighted by atomic mass is 16.5. The molecule has 2 fully saturated rings. The molecule has 0 bridgehead atoms. The molecule has 0 aliphatic carbocycles. The molecule has 2 aromatic carbocycles. The number of hydrogen-bond donors (Lipinski definition) is 0. The fraction of sp³-hybridized carbons (Fsp3) is 0.423. The minimum absolute atomic E-state index is 0.0438. The monoisotopic (exact) mass is 449 g/mol. The van der Waals surface area contributed by atoms with Crippen LogP contribution in [0.15, 0.2) is 63.8 Å². The third kappa shape index (κ3) is 5.38. The summed E-state index contributed by atoms with van der Waals surface area (Å²) in [4.78, 5) is 19.7. The Morgan fingerprint density at radius 2 is 1.61 bits per heavy atom. The van der Waals surface area contributed by atoms with Crippen LogP contribution in [0, 0.1) is 0 Å². The van der Waals surface area contributed by atoms with E-state index in [1.54, 1.807) is 12.1 Å². The first kappa shape index (κ1) is 21.9. The Labute approximate surface area is 194 Å². The van der Waals surface area contributed by atoms with E-state index in [0.717, 1.165) is 39.3 Å². The van der Waals surface area contributed by atoms with Crippen molar-refractivity contribution in [3.63, 3.8) is 0 Å². The van der Waals surface area contributed by atoms with Gasteiger partial charge in [0, 0.05) is 58.4 Å². The predicted octanol–water partition coefficient (Wildman–Crippen LogP) is 2.83. The second-order valence-electron chi connectivity index (χ2n) is 8.63. The summed E-state index contributed by atoms with van der Waals surface area (Å²) in [5, 5.41) is 0.555. The van der Waals surface area contributed by atoms with Crippen molar-refractivity contribution in [3.05, 3.63) is 70.4 Å². The van der Waals surface area contributed by atoms with Crippen LogP contribution in [0.5, 0.6) is 5.75 Å². The minimum Gasteiger partial charge on any atom is -0.488 e. The van der Waals surface area contributed by atoms with Crippen LogP contribution >= 0.6 is 0 Å². The van der Waals surface area contributed by atoms with Gasteiger partial charge >= 0.3 is 0 Å². The van der Waals surface area contributed by atoms with Gasteiger partial charge in [0.05, 0.1) is 18.6 Å². The van der Waals surface area contributed by atoms with Crippen molar-refractivity contribution >= 4 is 16.9 Å². The van der Waals surface area contributed by atoms with Gasteiger partial charge in [-0.3, -0.25) is 14.6 Å². The zero-order chi connectivity index (χ0) is 22.5. The van der Waals surface area contributed by atoms with Crippen LogP contribution in [0.2, 0.25) is 0 Å². The molecule has 2 aliphatic rings. The van der Waals surface area contributed by atoms with Gasteiger partial charge in [-0.1, -0.05) is 36.4 Å². The van der Waals surface area contributed by atoms with Gasteiger partial charge < -0.3 is 18.8 Å². The van der Waals surface area contributed by atoms with E-state index in [4.69, 9.17) is 13.9 Å². The summed E-state index contributed by atoms with van der Waals surface area (Å²) < 4.78 is 17.7. The maximum Gasteiger partial charge on any atom is 0.200 e. The van der Waals surface area contributed by atoms with Crippen LogP contribution in [0.1, 0.15) is 5.56 Å². The molecular weight excluding hydrogens is 418 g/mol. The number of anilines is 1. The molecule has 0 spiro atoms. The lowest BCUT2D eigenvalue weighted by Crippen LogP contribution is -2.47. The third-order valence-corrected chi connectivity index (χ3v) is 6.41. The molecule has 2 saturated heterocycles. The molecule has 174 valence electrons. The molecule has 0 N–H and O–H groups in total. The molecule has 1 aromatic heterocycles. The Morgan fingerprint density at radius 3 is 2.39 bits per heavy atom. The molecule has 33 heavy (non-hydrogen) atoms. The van der Waals surface area contributed by atoms with Crippen molar-refractivity contribution in [2.24, 2.45) is 0 Å². The SMILES string of the molecule is O=c1cc(N2CCOCC2)oc2c(OCCN3CCN(Cc4ccccc4)CC3)cccc12. The predicted molar refractivity (Wildman–Crippen MR) is 129 cm³/mol. The largest absolute Gasteiger partial charge is 0.488 e. The van der Waals surface area contributed by atoms with Gasteiger partial charge in [-0.05, 0) is 17.7 Å². The summed E-state index contributed by atoms with van der Waals surface area (Å²) in [5.41, 5.74) is 1.85. The standard InChI is InChI=1S/C26H31N3O4/c30-23-19-25(29-14-16-31-17-15-29)33-26-22(23)7-4-8-24(26)32-18-13-27-9-11-28(12-10-27)20-21-5-2-1-3-6-21/h1-8,19H,9-18,20H2. The smallest absolute Gasteiger partial charge is 0.200 e. The summed E-state index contributed by atoms with van der Waals surface area (Å²) in [6, 6.07) is 17.7. The Morgan fingerprint density at radius 1 is 0.848 bits per heavy atom. The van der Waals surface area contributed by atoms with Crippen LogP contribution < -0.4 is 15.1 Å². The first-order valence-corrected chi connectivity index (χ1v) is 11.8. The number of hydrogen-bond acceptors (Lipinski definition) is 7. The lowest BCUT2D eigenvalue weighted by molar-refractivity contribution is 0.112. The summed E-state index contributed by atoms with van der Waals surface area (Å²) in [6.45, 7) is 9.29. The van der Waals surface area contributed by atoms with Gasteiger partial charge in [0.1, 0.15) is 6.61 Å². The van der Waals surface area contributed by atoms with E-state index in [-0.39, 0.29) is 5.43 Å². The van der Waals surface area contributed by atoms with Crippen LogP contribution in [0.3, 0.4) is 0 Å². The molecule has 0 amide bonds. The number of morpholine rings is 1. The van der Waals surface area contributed by atoms with E-state index >= 15 is 0 Å². The molecule has 0 radical (unpaired) electrons. The van der Waals surface area contributed by atoms with Crippen LogP contribution in [-0.4, -0.2) is 75.4 Å². The normalized spacial score (nSPS) is 18.0. The summed E-state index contributed by atoms with van der Waals surface area (Å²) in [6.07, 6.45) is 0. The van der Waals surface area contributed by atoms with Crippen LogP contribution in [0.25, 0.3) is 11.0 Å². The lowest BCUT2D eigenvalue weighted by atomic mass is 10.2. The van der Waals surface area contributed by atoms with Crippen molar-refractivity contribution in [2.45, 2.75) is 6.54 Å². The highest BCUT2D eigenvalue weighted by Gasteiger charge is 2.19. The average molecular weight is 450 g/mol. The molecule has 7 nitrogen and oxygen atoms in total. The minimum atomic E-state index is -0.0438. The Balaban J connectivity index is 1.18. The van der Waals surface area contributed by atoms with Crippen LogP contribution in [0.4, 0.5) is 5.88 Å². The van der Waals surface area contributed by atoms with Crippen molar-refractivity contribution in [3.8, 4) is 5.75 Å². The molecule has 0 unspecified atom stereocenters. The zero-order valence-corrected chi connectivity index (χ0v) is 18.9. The molecule has 0 atom stereocenters. The van der Waals surface area contributed by atoms with E-state index in [1.807, 2.05) is 12.1 Å². The fourth-order valence-corrected chi connectivity index (χ4v) is 4.49. The van der Waals surface area contributed by atoms with Gasteiger partial charge in [-0.15, -0.1) is 0 Å². The molecule has 2 aliphatic heterocycles. The fourth-order valence-electron chi connectivity index (χ4n) is 4.49. The van der Waals surface area contributed by atoms with Gasteiger partial charge in [0.25, 0.3) is 0 Å². The van der Waals surface area contributed by atoms with E-state index in [9.17, 15) is 4.79 Å². The first-order chi connectivity index (χ1) is 16.3. The van der Waals surface area contributed by atoms with Crippen molar-refractivity contribution in [2.75, 3.05) is 70.5 Å². The highest BCUT2D eigenvalue weighted by Crippen LogP contribution is 2.28. The summed E-state index contributed by atoms with van der Waals surface area (Å²) in [5.74, 6) is 1.21. The number of ether oxygens (including phenoxy) is 2. The molecule has 3 aromatic rings. The molecule has 0 saturated carbocycles. The third-order valence-electron chi connectivity index (χ3n) is 6.41. The number of rotatable bonds is 7. The number of para-hydroxylation sites is 1. The molecule has 5 rings (SSSR count). The topological polar surface area (TPSA) is 58.4 Å². The number of benzene rings is 2. The second kappa shape index (κ2) is 10.4. The van der Waals surface area contributed by atoms with E-state index < -0.39 is 0 Å². The van der Waals surface area contributed by atoms with Gasteiger partial charge in [-0.2, -0.15) is 0 Å². The summed E-state index contributed by atoms with van der Waals surface area (Å²) >= 11 is 0. The van der Waals surface area contributed by atoms with Gasteiger partial charge in [0.15, 0.2) is 22.6 Å². The van der Waals surface area contributed by atoms with Crippen molar-refractivity contribution in [1.82, 2.24) is 9.80 Å². The highest BCUT2D eigenvalue weighted by molar-refractivity contribution is 5.83. The van der Waals surface area contributed by atoms with E-state index in [0.29, 0.717) is 55.5 Å². The first-order valence-electron chi connectivity index (χ1n) is 11.8.